The lowest BCUT2D eigenvalue weighted by atomic mass is 9.90. The van der Waals surface area contributed by atoms with Gasteiger partial charge in [0.1, 0.15) is 11.4 Å². The number of thiophene rings is 1. The molecule has 1 aliphatic carbocycles. The van der Waals surface area contributed by atoms with Crippen LogP contribution < -0.4 is 0 Å². The average Bonchev–Trinajstić information content (AvgIpc) is 3.08. The Balaban J connectivity index is 1.63. The van der Waals surface area contributed by atoms with Gasteiger partial charge in [0.05, 0.1) is 4.88 Å². The number of aromatic nitrogens is 2. The fourth-order valence-electron chi connectivity index (χ4n) is 2.67. The van der Waals surface area contributed by atoms with Crippen LogP contribution in [0.25, 0.3) is 10.8 Å². The molecule has 0 saturated heterocycles. The molecule has 0 saturated carbocycles. The largest absolute Gasteiger partial charge is 0.459 e. The monoisotopic (exact) mass is 366 g/mol. The Bertz CT molecular complexity index is 731. The Morgan fingerprint density at radius 1 is 1.46 bits per heavy atom. The van der Waals surface area contributed by atoms with Gasteiger partial charge in [-0.05, 0) is 57.6 Å². The number of esters is 1. The van der Waals surface area contributed by atoms with Crippen LogP contribution in [0.5, 0.6) is 0 Å². The second-order valence-corrected chi connectivity index (χ2v) is 9.22. The number of hydrogen-bond donors (Lipinski definition) is 0. The average molecular weight is 367 g/mol. The van der Waals surface area contributed by atoms with Gasteiger partial charge in [-0.1, -0.05) is 18.7 Å². The van der Waals surface area contributed by atoms with Crippen LogP contribution in [0.15, 0.2) is 15.7 Å². The molecule has 0 spiro atoms. The summed E-state index contributed by atoms with van der Waals surface area (Å²) in [7, 11) is 0. The van der Waals surface area contributed by atoms with Crippen LogP contribution in [-0.2, 0) is 22.4 Å². The van der Waals surface area contributed by atoms with E-state index in [-0.39, 0.29) is 11.7 Å². The van der Waals surface area contributed by atoms with Crippen molar-refractivity contribution in [2.24, 2.45) is 5.92 Å². The molecular formula is C17H22N2O3S2. The van der Waals surface area contributed by atoms with Gasteiger partial charge in [-0.15, -0.1) is 21.5 Å². The first-order valence-electron chi connectivity index (χ1n) is 8.10. The summed E-state index contributed by atoms with van der Waals surface area (Å²) >= 11 is 2.95. The number of fused-ring (bicyclic) bond motifs is 1. The summed E-state index contributed by atoms with van der Waals surface area (Å²) in [5.41, 5.74) is 0.931. The second kappa shape index (κ2) is 6.88. The number of rotatable bonds is 4. The zero-order valence-electron chi connectivity index (χ0n) is 14.4. The number of carbonyl (C=O) groups excluding carboxylic acids is 1. The molecule has 130 valence electrons. The van der Waals surface area contributed by atoms with Crippen LogP contribution in [0.1, 0.15) is 44.6 Å². The van der Waals surface area contributed by atoms with Crippen molar-refractivity contribution in [1.82, 2.24) is 10.2 Å². The standard InChI is InChI=1S/C17H22N2O3S2/c1-10-5-6-12-11(7-10)8-13(24-12)15-18-19-16(21-15)23-9-14(20)22-17(2,3)4/h8,10H,5-7,9H2,1-4H3/t10-/m1/s1. The Labute approximate surface area is 150 Å². The normalized spacial score (nSPS) is 17.6. The van der Waals surface area contributed by atoms with Crippen molar-refractivity contribution in [3.8, 4) is 10.8 Å². The van der Waals surface area contributed by atoms with E-state index < -0.39 is 5.60 Å². The van der Waals surface area contributed by atoms with Crippen LogP contribution in [0.3, 0.4) is 0 Å². The van der Waals surface area contributed by atoms with Gasteiger partial charge in [-0.2, -0.15) is 0 Å². The van der Waals surface area contributed by atoms with Crippen LogP contribution >= 0.6 is 23.1 Å². The zero-order valence-corrected chi connectivity index (χ0v) is 16.1. The van der Waals surface area contributed by atoms with Crippen molar-refractivity contribution >= 4 is 29.1 Å². The molecule has 0 N–H and O–H groups in total. The fourth-order valence-corrected chi connectivity index (χ4v) is 4.34. The third kappa shape index (κ3) is 4.39. The van der Waals surface area contributed by atoms with E-state index in [1.54, 1.807) is 11.3 Å². The number of carbonyl (C=O) groups is 1. The van der Waals surface area contributed by atoms with Crippen LogP contribution in [-0.4, -0.2) is 27.5 Å². The first-order chi connectivity index (χ1) is 11.3. The molecule has 1 aliphatic rings. The molecule has 2 heterocycles. The Kier molecular flexibility index (Phi) is 5.01. The first kappa shape index (κ1) is 17.5. The minimum atomic E-state index is -0.481. The van der Waals surface area contributed by atoms with E-state index in [0.29, 0.717) is 11.1 Å². The van der Waals surface area contributed by atoms with Crippen LogP contribution in [0.4, 0.5) is 0 Å². The summed E-state index contributed by atoms with van der Waals surface area (Å²) in [6.45, 7) is 7.83. The minimum Gasteiger partial charge on any atom is -0.459 e. The Hall–Kier alpha value is -1.34. The maximum atomic E-state index is 11.7. The van der Waals surface area contributed by atoms with Crippen molar-refractivity contribution in [3.05, 3.63) is 16.5 Å². The van der Waals surface area contributed by atoms with Gasteiger partial charge >= 0.3 is 5.97 Å². The summed E-state index contributed by atoms with van der Waals surface area (Å²) in [5, 5.41) is 8.55. The quantitative estimate of drug-likeness (QED) is 0.592. The number of aryl methyl sites for hydroxylation is 1. The summed E-state index contributed by atoms with van der Waals surface area (Å²) in [6.07, 6.45) is 3.50. The SMILES string of the molecule is C[C@@H]1CCc2sc(-c3nnc(SCC(=O)OC(C)(C)C)o3)cc2C1. The van der Waals surface area contributed by atoms with E-state index in [2.05, 4.69) is 23.2 Å². The molecule has 0 radical (unpaired) electrons. The lowest BCUT2D eigenvalue weighted by Crippen LogP contribution is -2.24. The van der Waals surface area contributed by atoms with E-state index >= 15 is 0 Å². The molecule has 7 heteroatoms. The molecule has 5 nitrogen and oxygen atoms in total. The van der Waals surface area contributed by atoms with Crippen molar-refractivity contribution < 1.29 is 13.9 Å². The topological polar surface area (TPSA) is 65.2 Å². The highest BCUT2D eigenvalue weighted by Gasteiger charge is 2.22. The number of hydrogen-bond acceptors (Lipinski definition) is 7. The number of thioether (sulfide) groups is 1. The number of ether oxygens (including phenoxy) is 1. The van der Waals surface area contributed by atoms with Gasteiger partial charge in [0.15, 0.2) is 0 Å². The van der Waals surface area contributed by atoms with Gasteiger partial charge in [0, 0.05) is 4.88 Å². The maximum Gasteiger partial charge on any atom is 0.316 e. The highest BCUT2D eigenvalue weighted by molar-refractivity contribution is 7.99. The number of nitrogens with zero attached hydrogens (tertiary/aromatic N) is 2. The molecule has 24 heavy (non-hydrogen) atoms. The summed E-state index contributed by atoms with van der Waals surface area (Å²) in [5.74, 6) is 1.15. The van der Waals surface area contributed by atoms with Crippen LogP contribution in [0.2, 0.25) is 0 Å². The third-order valence-electron chi connectivity index (χ3n) is 3.68. The van der Waals surface area contributed by atoms with E-state index in [1.165, 1.54) is 28.6 Å². The van der Waals surface area contributed by atoms with Gasteiger partial charge in [-0.3, -0.25) is 4.79 Å². The summed E-state index contributed by atoms with van der Waals surface area (Å²) in [6, 6.07) is 2.17. The minimum absolute atomic E-state index is 0.164. The fraction of sp³-hybridized carbons (Fsp3) is 0.588. The van der Waals surface area contributed by atoms with E-state index in [0.717, 1.165) is 23.6 Å². The lowest BCUT2D eigenvalue weighted by molar-refractivity contribution is -0.151. The molecule has 0 amide bonds. The second-order valence-electron chi connectivity index (χ2n) is 7.16. The Morgan fingerprint density at radius 3 is 3.00 bits per heavy atom. The smallest absolute Gasteiger partial charge is 0.316 e. The molecular weight excluding hydrogens is 344 g/mol. The molecule has 1 atom stereocenters. The first-order valence-corrected chi connectivity index (χ1v) is 9.90. The Morgan fingerprint density at radius 2 is 2.25 bits per heavy atom. The molecule has 2 aromatic rings. The van der Waals surface area contributed by atoms with E-state index in [1.807, 2.05) is 20.8 Å². The van der Waals surface area contributed by atoms with Gasteiger partial charge < -0.3 is 9.15 Å². The molecule has 3 rings (SSSR count). The predicted octanol–water partition coefficient (Wildman–Crippen LogP) is 4.36. The van der Waals surface area contributed by atoms with Gasteiger partial charge in [-0.25, -0.2) is 0 Å². The van der Waals surface area contributed by atoms with Crippen molar-refractivity contribution in [3.63, 3.8) is 0 Å². The summed E-state index contributed by atoms with van der Waals surface area (Å²) < 4.78 is 11.0. The highest BCUT2D eigenvalue weighted by atomic mass is 32.2. The summed E-state index contributed by atoms with van der Waals surface area (Å²) in [4.78, 5) is 14.2. The van der Waals surface area contributed by atoms with Crippen molar-refractivity contribution in [2.75, 3.05) is 5.75 Å². The van der Waals surface area contributed by atoms with Crippen molar-refractivity contribution in [2.45, 2.75) is 57.8 Å². The zero-order chi connectivity index (χ0) is 17.3. The third-order valence-corrected chi connectivity index (χ3v) is 5.70. The molecule has 0 fully saturated rings. The van der Waals surface area contributed by atoms with Crippen molar-refractivity contribution in [1.29, 1.82) is 0 Å². The lowest BCUT2D eigenvalue weighted by Gasteiger charge is -2.18. The van der Waals surface area contributed by atoms with E-state index in [9.17, 15) is 4.79 Å². The molecule has 0 bridgehead atoms. The molecule has 0 unspecified atom stereocenters. The molecule has 2 aromatic heterocycles. The molecule has 0 aliphatic heterocycles. The van der Waals surface area contributed by atoms with E-state index in [4.69, 9.17) is 9.15 Å². The molecule has 0 aromatic carbocycles. The predicted molar refractivity (Wildman–Crippen MR) is 95.4 cm³/mol. The van der Waals surface area contributed by atoms with Gasteiger partial charge in [0.2, 0.25) is 0 Å². The van der Waals surface area contributed by atoms with Crippen LogP contribution in [0, 0.1) is 5.92 Å². The van der Waals surface area contributed by atoms with Gasteiger partial charge in [0.25, 0.3) is 11.1 Å². The maximum absolute atomic E-state index is 11.7. The highest BCUT2D eigenvalue weighted by Crippen LogP contribution is 2.37.